The number of rotatable bonds is 9. The third-order valence-corrected chi connectivity index (χ3v) is 5.98. The number of nitro benzene ring substituents is 1. The zero-order valence-electron chi connectivity index (χ0n) is 21.2. The molecule has 2 aromatic carbocycles. The van der Waals surface area contributed by atoms with E-state index in [1.165, 1.54) is 18.3 Å². The Kier molecular flexibility index (Phi) is 7.09. The molecule has 196 valence electrons. The second-order valence-electron chi connectivity index (χ2n) is 8.71. The second kappa shape index (κ2) is 10.9. The first-order chi connectivity index (χ1) is 18.9. The quantitative estimate of drug-likeness (QED) is 0.139. The van der Waals surface area contributed by atoms with E-state index in [9.17, 15) is 14.9 Å². The Morgan fingerprint density at radius 2 is 1.67 bits per heavy atom. The van der Waals surface area contributed by atoms with Gasteiger partial charge in [0.05, 0.1) is 11.1 Å². The molecule has 39 heavy (non-hydrogen) atoms. The second-order valence-corrected chi connectivity index (χ2v) is 8.71. The van der Waals surface area contributed by atoms with Crippen LogP contribution in [0.5, 0.6) is 5.75 Å². The number of amides is 1. The molecule has 5 aromatic rings. The van der Waals surface area contributed by atoms with E-state index in [-0.39, 0.29) is 18.1 Å². The molecule has 0 bridgehead atoms. The summed E-state index contributed by atoms with van der Waals surface area (Å²) in [7, 11) is 0. The van der Waals surface area contributed by atoms with Crippen molar-refractivity contribution in [1.82, 2.24) is 9.99 Å². The number of hydrogen-bond acceptors (Lipinski definition) is 7. The van der Waals surface area contributed by atoms with Crippen LogP contribution in [0.1, 0.15) is 33.5 Å². The number of non-ortho nitro benzene ring substituents is 1. The van der Waals surface area contributed by atoms with Crippen molar-refractivity contribution in [3.8, 4) is 22.8 Å². The molecule has 1 N–H and O–H groups in total. The van der Waals surface area contributed by atoms with Gasteiger partial charge in [0.25, 0.3) is 5.69 Å². The van der Waals surface area contributed by atoms with Crippen LogP contribution in [0.3, 0.4) is 0 Å². The minimum atomic E-state index is -0.526. The fraction of sp³-hybridized carbons (Fsp3) is 0.103. The predicted molar refractivity (Wildman–Crippen MR) is 144 cm³/mol. The molecular formula is C29H24N4O6. The molecule has 0 aliphatic carbocycles. The average molecular weight is 525 g/mol. The van der Waals surface area contributed by atoms with Crippen LogP contribution in [0.15, 0.2) is 98.9 Å². The lowest BCUT2D eigenvalue weighted by molar-refractivity contribution is -0.384. The van der Waals surface area contributed by atoms with Crippen molar-refractivity contribution in [2.24, 2.45) is 5.10 Å². The smallest absolute Gasteiger partial charge is 0.307 e. The lowest BCUT2D eigenvalue weighted by Crippen LogP contribution is -2.16. The largest absolute Gasteiger partial charge is 0.486 e. The van der Waals surface area contributed by atoms with Gasteiger partial charge in [-0.05, 0) is 86.6 Å². The summed E-state index contributed by atoms with van der Waals surface area (Å²) in [6.45, 7) is 4.28. The van der Waals surface area contributed by atoms with Gasteiger partial charge in [0.15, 0.2) is 5.76 Å². The van der Waals surface area contributed by atoms with Crippen LogP contribution >= 0.6 is 0 Å². The number of carbonyl (C=O) groups is 1. The summed E-state index contributed by atoms with van der Waals surface area (Å²) in [5.41, 5.74) is 6.43. The van der Waals surface area contributed by atoms with Crippen molar-refractivity contribution < 1.29 is 23.3 Å². The number of nitro groups is 1. The molecule has 0 atom stereocenters. The number of ether oxygens (including phenoxy) is 1. The normalized spacial score (nSPS) is 11.1. The number of hydrazone groups is 1. The van der Waals surface area contributed by atoms with Crippen LogP contribution in [-0.2, 0) is 6.61 Å². The fourth-order valence-corrected chi connectivity index (χ4v) is 4.03. The van der Waals surface area contributed by atoms with Crippen molar-refractivity contribution in [3.63, 3.8) is 0 Å². The third kappa shape index (κ3) is 5.80. The van der Waals surface area contributed by atoms with Crippen molar-refractivity contribution in [2.45, 2.75) is 20.5 Å². The summed E-state index contributed by atoms with van der Waals surface area (Å²) >= 11 is 0. The van der Waals surface area contributed by atoms with E-state index in [1.807, 2.05) is 24.3 Å². The van der Waals surface area contributed by atoms with Crippen molar-refractivity contribution in [3.05, 3.63) is 124 Å². The van der Waals surface area contributed by atoms with E-state index < -0.39 is 10.8 Å². The summed E-state index contributed by atoms with van der Waals surface area (Å²) in [6.07, 6.45) is 1.35. The number of nitrogens with one attached hydrogen (secondary N) is 1. The predicted octanol–water partition coefficient (Wildman–Crippen LogP) is 6.20. The highest BCUT2D eigenvalue weighted by Crippen LogP contribution is 2.24. The molecule has 10 heteroatoms. The maximum Gasteiger partial charge on any atom is 0.307 e. The Labute approximate surface area is 223 Å². The Morgan fingerprint density at radius 1 is 0.949 bits per heavy atom. The molecule has 0 fully saturated rings. The number of hydrogen-bond donors (Lipinski definition) is 1. The molecular weight excluding hydrogens is 500 g/mol. The topological polar surface area (TPSA) is 125 Å². The van der Waals surface area contributed by atoms with Gasteiger partial charge in [-0.1, -0.05) is 0 Å². The highest BCUT2D eigenvalue weighted by Gasteiger charge is 2.12. The molecule has 1 amide bonds. The number of furan rings is 2. The Hall–Kier alpha value is -5.38. The molecule has 0 aliphatic rings. The van der Waals surface area contributed by atoms with E-state index in [4.69, 9.17) is 13.6 Å². The Bertz CT molecular complexity index is 1620. The van der Waals surface area contributed by atoms with Crippen LogP contribution in [-0.4, -0.2) is 21.6 Å². The van der Waals surface area contributed by atoms with Gasteiger partial charge >= 0.3 is 5.91 Å². The maximum absolute atomic E-state index is 12.4. The Balaban J connectivity index is 1.13. The summed E-state index contributed by atoms with van der Waals surface area (Å²) in [4.78, 5) is 22.7. The van der Waals surface area contributed by atoms with E-state index in [2.05, 4.69) is 41.1 Å². The molecule has 0 spiro atoms. The number of aromatic nitrogens is 1. The highest BCUT2D eigenvalue weighted by atomic mass is 16.6. The third-order valence-electron chi connectivity index (χ3n) is 5.98. The monoisotopic (exact) mass is 524 g/mol. The molecule has 0 radical (unpaired) electrons. The van der Waals surface area contributed by atoms with Gasteiger partial charge in [0, 0.05) is 34.8 Å². The van der Waals surface area contributed by atoms with Gasteiger partial charge in [0.1, 0.15) is 29.6 Å². The summed E-state index contributed by atoms with van der Waals surface area (Å²) in [5.74, 6) is 1.64. The first-order valence-corrected chi connectivity index (χ1v) is 12.0. The van der Waals surface area contributed by atoms with Crippen molar-refractivity contribution in [1.29, 1.82) is 0 Å². The molecule has 0 saturated carbocycles. The van der Waals surface area contributed by atoms with E-state index >= 15 is 0 Å². The molecule has 5 rings (SSSR count). The van der Waals surface area contributed by atoms with Gasteiger partial charge in [0.2, 0.25) is 0 Å². The highest BCUT2D eigenvalue weighted by molar-refractivity contribution is 5.92. The summed E-state index contributed by atoms with van der Waals surface area (Å²) < 4.78 is 19.2. The van der Waals surface area contributed by atoms with Gasteiger partial charge in [-0.3, -0.25) is 14.9 Å². The van der Waals surface area contributed by atoms with Crippen LogP contribution in [0.2, 0.25) is 0 Å². The SMILES string of the molecule is Cc1ccc(C)n1-c1ccc(OCc2ccc(C(=O)N/N=C/c3ccc(-c4ccc([N+](=O)[O-])cc4)o3)o2)cc1. The van der Waals surface area contributed by atoms with Crippen molar-refractivity contribution >= 4 is 17.8 Å². The fourth-order valence-electron chi connectivity index (χ4n) is 4.03. The van der Waals surface area contributed by atoms with Crippen molar-refractivity contribution in [2.75, 3.05) is 0 Å². The van der Waals surface area contributed by atoms with Gasteiger partial charge < -0.3 is 18.1 Å². The minimum absolute atomic E-state index is 0.00474. The molecule has 3 aromatic heterocycles. The molecule has 0 saturated heterocycles. The number of carbonyl (C=O) groups excluding carboxylic acids is 1. The lowest BCUT2D eigenvalue weighted by Gasteiger charge is -2.10. The van der Waals surface area contributed by atoms with Crippen LogP contribution < -0.4 is 10.2 Å². The average Bonchev–Trinajstić information content (AvgIpc) is 3.69. The van der Waals surface area contributed by atoms with Gasteiger partial charge in [-0.15, -0.1) is 0 Å². The Morgan fingerprint density at radius 3 is 2.36 bits per heavy atom. The maximum atomic E-state index is 12.4. The van der Waals surface area contributed by atoms with Crippen LogP contribution in [0.25, 0.3) is 17.0 Å². The van der Waals surface area contributed by atoms with E-state index in [1.54, 1.807) is 36.4 Å². The van der Waals surface area contributed by atoms with Crippen LogP contribution in [0, 0.1) is 24.0 Å². The summed E-state index contributed by atoms with van der Waals surface area (Å²) in [5, 5.41) is 14.7. The van der Waals surface area contributed by atoms with Gasteiger partial charge in [-0.25, -0.2) is 5.43 Å². The van der Waals surface area contributed by atoms with E-state index in [0.29, 0.717) is 28.6 Å². The molecule has 0 aliphatic heterocycles. The first kappa shape index (κ1) is 25.3. The molecule has 3 heterocycles. The molecule has 10 nitrogen and oxygen atoms in total. The van der Waals surface area contributed by atoms with E-state index in [0.717, 1.165) is 17.1 Å². The minimum Gasteiger partial charge on any atom is -0.486 e. The number of aryl methyl sites for hydroxylation is 2. The number of nitrogens with zero attached hydrogens (tertiary/aromatic N) is 3. The zero-order chi connectivity index (χ0) is 27.4. The standard InChI is InChI=1S/C29H24N4O6/c1-19-3-4-20(2)32(19)22-9-11-24(12-10-22)37-18-26-14-16-28(39-26)29(34)31-30-17-25-13-15-27(38-25)21-5-7-23(8-6-21)33(35)36/h3-17H,18H2,1-2H3,(H,31,34)/b30-17+. The van der Waals surface area contributed by atoms with Gasteiger partial charge in [-0.2, -0.15) is 5.10 Å². The summed E-state index contributed by atoms with van der Waals surface area (Å²) in [6, 6.07) is 24.5. The lowest BCUT2D eigenvalue weighted by atomic mass is 10.1. The number of benzene rings is 2. The molecule has 0 unspecified atom stereocenters. The van der Waals surface area contributed by atoms with Crippen LogP contribution in [0.4, 0.5) is 5.69 Å². The first-order valence-electron chi connectivity index (χ1n) is 12.0. The zero-order valence-corrected chi connectivity index (χ0v) is 21.2.